The quantitative estimate of drug-likeness (QED) is 0.662. The molecule has 4 rings (SSSR count). The summed E-state index contributed by atoms with van der Waals surface area (Å²) in [5, 5.41) is 9.48. The molecule has 0 spiro atoms. The number of fused-ring (bicyclic) bond motifs is 5. The van der Waals surface area contributed by atoms with E-state index in [0.717, 1.165) is 30.1 Å². The molecule has 4 fully saturated rings. The molecule has 0 aliphatic heterocycles. The summed E-state index contributed by atoms with van der Waals surface area (Å²) in [7, 11) is 0. The number of hydrogen-bond donors (Lipinski definition) is 1. The fourth-order valence-electron chi connectivity index (χ4n) is 8.02. The van der Waals surface area contributed by atoms with E-state index in [0.29, 0.717) is 11.0 Å². The third-order valence-corrected chi connectivity index (χ3v) is 9.28. The number of rotatable bonds is 2. The van der Waals surface area contributed by atoms with Gasteiger partial charge in [0.1, 0.15) is 0 Å². The van der Waals surface area contributed by atoms with Gasteiger partial charge in [0.2, 0.25) is 0 Å². The Labute approximate surface area is 147 Å². The minimum Gasteiger partial charge on any atom is -0.478 e. The van der Waals surface area contributed by atoms with Crippen molar-refractivity contribution in [1.29, 1.82) is 0 Å². The number of carbonyl (C=O) groups is 1. The largest absolute Gasteiger partial charge is 0.478 e. The maximum atomic E-state index is 11.5. The molecule has 7 atom stereocenters. The first-order chi connectivity index (χ1) is 11.4. The average Bonchev–Trinajstić information content (AvgIpc) is 2.90. The van der Waals surface area contributed by atoms with Crippen LogP contribution in [0.1, 0.15) is 78.1 Å². The maximum absolute atomic E-state index is 11.5. The van der Waals surface area contributed by atoms with Gasteiger partial charge in [0.15, 0.2) is 0 Å². The molecule has 1 N–H and O–H groups in total. The van der Waals surface area contributed by atoms with E-state index in [1.54, 1.807) is 0 Å². The number of carboxylic acids is 1. The molecule has 0 aromatic carbocycles. The average molecular weight is 331 g/mol. The highest BCUT2D eigenvalue weighted by atomic mass is 16.4. The summed E-state index contributed by atoms with van der Waals surface area (Å²) in [5.41, 5.74) is 1.25. The molecule has 134 valence electrons. The van der Waals surface area contributed by atoms with Gasteiger partial charge in [-0.1, -0.05) is 33.3 Å². The van der Waals surface area contributed by atoms with Crippen LogP contribution < -0.4 is 0 Å². The van der Waals surface area contributed by atoms with Gasteiger partial charge in [-0.25, -0.2) is 4.79 Å². The molecule has 0 radical (unpaired) electrons. The lowest BCUT2D eigenvalue weighted by atomic mass is 9.44. The predicted molar refractivity (Wildman–Crippen MR) is 96.6 cm³/mol. The molecule has 2 heteroatoms. The number of carboxylic acid groups (broad SMARTS) is 1. The van der Waals surface area contributed by atoms with E-state index in [-0.39, 0.29) is 11.3 Å². The highest BCUT2D eigenvalue weighted by Gasteiger charge is 2.60. The van der Waals surface area contributed by atoms with Crippen LogP contribution in [0.25, 0.3) is 0 Å². The monoisotopic (exact) mass is 330 g/mol. The summed E-state index contributed by atoms with van der Waals surface area (Å²) >= 11 is 0. The first-order valence-corrected chi connectivity index (χ1v) is 10.3. The molecule has 0 bridgehead atoms. The van der Waals surface area contributed by atoms with Crippen LogP contribution in [0.2, 0.25) is 0 Å². The van der Waals surface area contributed by atoms with Crippen molar-refractivity contribution >= 4 is 5.97 Å². The molecule has 1 unspecified atom stereocenters. The summed E-state index contributed by atoms with van der Waals surface area (Å²) < 4.78 is 0. The Morgan fingerprint density at radius 1 is 0.917 bits per heavy atom. The lowest BCUT2D eigenvalue weighted by Gasteiger charge is -2.60. The van der Waals surface area contributed by atoms with E-state index in [1.165, 1.54) is 57.8 Å². The first-order valence-electron chi connectivity index (χ1n) is 10.3. The van der Waals surface area contributed by atoms with Crippen LogP contribution in [0.3, 0.4) is 0 Å². The SMILES string of the molecule is C=C(C(=O)O)[C@H]1CC[C@H]2[C@@H]3CCC4CCCC[C@]4(C)[C@H]3CC[C@]12C. The smallest absolute Gasteiger partial charge is 0.331 e. The normalized spacial score (nSPS) is 50.5. The summed E-state index contributed by atoms with van der Waals surface area (Å²) in [4.78, 5) is 11.5. The molecule has 24 heavy (non-hydrogen) atoms. The van der Waals surface area contributed by atoms with Crippen molar-refractivity contribution in [1.82, 2.24) is 0 Å². The van der Waals surface area contributed by atoms with Crippen LogP contribution in [0.4, 0.5) is 0 Å². The Hall–Kier alpha value is -0.790. The van der Waals surface area contributed by atoms with Gasteiger partial charge < -0.3 is 5.11 Å². The van der Waals surface area contributed by atoms with Gasteiger partial charge in [-0.3, -0.25) is 0 Å². The first kappa shape index (κ1) is 16.7. The Morgan fingerprint density at radius 2 is 1.67 bits per heavy atom. The highest BCUT2D eigenvalue weighted by Crippen LogP contribution is 2.68. The van der Waals surface area contributed by atoms with Crippen LogP contribution in [-0.2, 0) is 4.79 Å². The molecule has 4 aliphatic carbocycles. The minimum absolute atomic E-state index is 0.189. The second-order valence-corrected chi connectivity index (χ2v) is 9.91. The second-order valence-electron chi connectivity index (χ2n) is 9.91. The van der Waals surface area contributed by atoms with Gasteiger partial charge >= 0.3 is 5.97 Å². The molecule has 2 nitrogen and oxygen atoms in total. The third kappa shape index (κ3) is 2.17. The van der Waals surface area contributed by atoms with Gasteiger partial charge in [-0.15, -0.1) is 0 Å². The van der Waals surface area contributed by atoms with Crippen molar-refractivity contribution in [3.8, 4) is 0 Å². The van der Waals surface area contributed by atoms with Crippen molar-refractivity contribution in [2.24, 2.45) is 40.4 Å². The number of aliphatic carboxylic acids is 1. The zero-order chi connectivity index (χ0) is 17.1. The third-order valence-electron chi connectivity index (χ3n) is 9.28. The standard InChI is InChI=1S/C22H34O2/c1-14(20(23)24)17-9-10-18-16-8-7-15-6-4-5-12-21(15,2)19(16)11-13-22(17,18)3/h15-19H,1,4-13H2,2-3H3,(H,23,24)/t15?,16-,17+,18-,19-,21-,22+/m0/s1. The topological polar surface area (TPSA) is 37.3 Å². The molecule has 0 aromatic rings. The molecule has 4 aliphatic rings. The molecule has 0 aromatic heterocycles. The Kier molecular flexibility index (Phi) is 3.89. The van der Waals surface area contributed by atoms with Crippen LogP contribution in [0.5, 0.6) is 0 Å². The number of hydrogen-bond acceptors (Lipinski definition) is 1. The van der Waals surface area contributed by atoms with Gasteiger partial charge in [0.05, 0.1) is 0 Å². The fourth-order valence-corrected chi connectivity index (χ4v) is 8.02. The van der Waals surface area contributed by atoms with E-state index < -0.39 is 5.97 Å². The van der Waals surface area contributed by atoms with Crippen molar-refractivity contribution in [2.75, 3.05) is 0 Å². The predicted octanol–water partition coefficient (Wildman–Crippen LogP) is 5.68. The van der Waals surface area contributed by atoms with Crippen LogP contribution in [0, 0.1) is 40.4 Å². The summed E-state index contributed by atoms with van der Waals surface area (Å²) in [5.74, 6) is 2.87. The Morgan fingerprint density at radius 3 is 2.42 bits per heavy atom. The fraction of sp³-hybridized carbons (Fsp3) is 0.864. The Bertz CT molecular complexity index is 552. The Balaban J connectivity index is 1.61. The van der Waals surface area contributed by atoms with Crippen LogP contribution >= 0.6 is 0 Å². The van der Waals surface area contributed by atoms with Gasteiger partial charge in [0.25, 0.3) is 0 Å². The van der Waals surface area contributed by atoms with Crippen molar-refractivity contribution < 1.29 is 9.90 Å². The summed E-state index contributed by atoms with van der Waals surface area (Å²) in [6.07, 6.45) is 13.4. The molecule has 0 amide bonds. The molecule has 0 saturated heterocycles. The van der Waals surface area contributed by atoms with Gasteiger partial charge in [-0.05, 0) is 91.8 Å². The van der Waals surface area contributed by atoms with Crippen LogP contribution in [-0.4, -0.2) is 11.1 Å². The lowest BCUT2D eigenvalue weighted by Crippen LogP contribution is -2.52. The highest BCUT2D eigenvalue weighted by molar-refractivity contribution is 5.86. The summed E-state index contributed by atoms with van der Waals surface area (Å²) in [6, 6.07) is 0. The zero-order valence-electron chi connectivity index (χ0n) is 15.5. The molecular formula is C22H34O2. The van der Waals surface area contributed by atoms with E-state index >= 15 is 0 Å². The van der Waals surface area contributed by atoms with E-state index in [4.69, 9.17) is 0 Å². The zero-order valence-corrected chi connectivity index (χ0v) is 15.5. The van der Waals surface area contributed by atoms with Crippen molar-refractivity contribution in [3.05, 3.63) is 12.2 Å². The van der Waals surface area contributed by atoms with Gasteiger partial charge in [-0.2, -0.15) is 0 Å². The minimum atomic E-state index is -0.771. The molecule has 4 saturated carbocycles. The van der Waals surface area contributed by atoms with Crippen molar-refractivity contribution in [3.63, 3.8) is 0 Å². The van der Waals surface area contributed by atoms with E-state index in [9.17, 15) is 9.90 Å². The van der Waals surface area contributed by atoms with E-state index in [1.807, 2.05) is 0 Å². The van der Waals surface area contributed by atoms with E-state index in [2.05, 4.69) is 20.4 Å². The van der Waals surface area contributed by atoms with Gasteiger partial charge in [0, 0.05) is 5.57 Å². The second kappa shape index (κ2) is 5.61. The summed E-state index contributed by atoms with van der Waals surface area (Å²) in [6.45, 7) is 8.96. The van der Waals surface area contributed by atoms with Crippen molar-refractivity contribution in [2.45, 2.75) is 78.1 Å². The van der Waals surface area contributed by atoms with Crippen LogP contribution in [0.15, 0.2) is 12.2 Å². The lowest BCUT2D eigenvalue weighted by molar-refractivity contribution is -0.135. The molecular weight excluding hydrogens is 296 g/mol. The maximum Gasteiger partial charge on any atom is 0.331 e. The molecule has 0 heterocycles.